The molecule has 0 amide bonds. The average molecular weight is 384 g/mol. The molecule has 0 bridgehead atoms. The molecule has 9 heteroatoms. The Bertz CT molecular complexity index is 737. The number of hydrogen-bond donors (Lipinski definition) is 2. The lowest BCUT2D eigenvalue weighted by molar-refractivity contribution is -0.0504. The van der Waals surface area contributed by atoms with Gasteiger partial charge in [-0.2, -0.15) is 8.78 Å². The maximum atomic E-state index is 12.6. The molecule has 2 N–H and O–H groups in total. The highest BCUT2D eigenvalue weighted by atomic mass is 32.1. The number of halogens is 2. The van der Waals surface area contributed by atoms with E-state index in [1.807, 2.05) is 6.20 Å². The van der Waals surface area contributed by atoms with Gasteiger partial charge >= 0.3 is 6.61 Å². The van der Waals surface area contributed by atoms with Crippen molar-refractivity contribution in [1.82, 2.24) is 15.6 Å². The molecule has 1 aromatic heterocycles. The van der Waals surface area contributed by atoms with Crippen LogP contribution in [0.1, 0.15) is 22.4 Å². The van der Waals surface area contributed by atoms with Crippen molar-refractivity contribution in [2.45, 2.75) is 33.0 Å². The highest BCUT2D eigenvalue weighted by molar-refractivity contribution is 7.11. The molecule has 0 radical (unpaired) electrons. The number of aryl methyl sites for hydroxylation is 1. The summed E-state index contributed by atoms with van der Waals surface area (Å²) in [5.74, 6) is 1.18. The Balaban J connectivity index is 1.98. The molecule has 0 spiro atoms. The van der Waals surface area contributed by atoms with Crippen LogP contribution in [0, 0.1) is 0 Å². The first-order chi connectivity index (χ1) is 12.5. The van der Waals surface area contributed by atoms with Gasteiger partial charge in [0.1, 0.15) is 16.5 Å². The van der Waals surface area contributed by atoms with Crippen LogP contribution in [0.15, 0.2) is 29.4 Å². The van der Waals surface area contributed by atoms with Crippen molar-refractivity contribution >= 4 is 17.3 Å². The summed E-state index contributed by atoms with van der Waals surface area (Å²) in [6, 6.07) is 4.68. The number of nitrogens with one attached hydrogen (secondary N) is 2. The average Bonchev–Trinajstić information content (AvgIpc) is 3.10. The van der Waals surface area contributed by atoms with E-state index in [0.29, 0.717) is 23.8 Å². The van der Waals surface area contributed by atoms with Crippen LogP contribution >= 0.6 is 11.3 Å². The van der Waals surface area contributed by atoms with Gasteiger partial charge in [0.25, 0.3) is 0 Å². The molecule has 0 aliphatic rings. The van der Waals surface area contributed by atoms with Gasteiger partial charge in [-0.15, -0.1) is 11.3 Å². The second-order valence-electron chi connectivity index (χ2n) is 5.21. The number of ether oxygens (including phenoxy) is 2. The van der Waals surface area contributed by atoms with Crippen molar-refractivity contribution < 1.29 is 18.3 Å². The van der Waals surface area contributed by atoms with Gasteiger partial charge in [0, 0.05) is 30.2 Å². The first kappa shape index (κ1) is 19.9. The summed E-state index contributed by atoms with van der Waals surface area (Å²) in [5.41, 5.74) is 0.537. The van der Waals surface area contributed by atoms with E-state index < -0.39 is 6.61 Å². The number of methoxy groups -OCH3 is 1. The molecule has 2 aromatic rings. The summed E-state index contributed by atoms with van der Waals surface area (Å²) in [5, 5.41) is 7.18. The number of thiazole rings is 1. The first-order valence-corrected chi connectivity index (χ1v) is 8.87. The molecule has 142 valence electrons. The SMILES string of the molecule is CCc1cnc(CNC(=NC)NCc2cc(OC)ccc2OC(F)F)s1. The minimum absolute atomic E-state index is 0.0938. The Morgan fingerprint density at radius 3 is 2.69 bits per heavy atom. The van der Waals surface area contributed by atoms with Crippen molar-refractivity contribution in [1.29, 1.82) is 0 Å². The number of aliphatic imine (C=N–C) groups is 1. The van der Waals surface area contributed by atoms with Gasteiger partial charge in [-0.1, -0.05) is 6.92 Å². The molecule has 6 nitrogen and oxygen atoms in total. The van der Waals surface area contributed by atoms with Gasteiger partial charge in [0.05, 0.1) is 13.7 Å². The zero-order chi connectivity index (χ0) is 18.9. The van der Waals surface area contributed by atoms with Gasteiger partial charge < -0.3 is 20.1 Å². The predicted molar refractivity (Wildman–Crippen MR) is 98.2 cm³/mol. The van der Waals surface area contributed by atoms with E-state index in [0.717, 1.165) is 11.4 Å². The molecule has 26 heavy (non-hydrogen) atoms. The maximum absolute atomic E-state index is 12.6. The Labute approximate surface area is 155 Å². The van der Waals surface area contributed by atoms with Crippen LogP contribution in [0.2, 0.25) is 0 Å². The lowest BCUT2D eigenvalue weighted by Crippen LogP contribution is -2.36. The van der Waals surface area contributed by atoms with Gasteiger partial charge in [-0.25, -0.2) is 4.98 Å². The fourth-order valence-electron chi connectivity index (χ4n) is 2.18. The Hall–Kier alpha value is -2.42. The molecule has 0 unspecified atom stereocenters. The van der Waals surface area contributed by atoms with E-state index in [1.165, 1.54) is 18.1 Å². The maximum Gasteiger partial charge on any atom is 0.387 e. The topological polar surface area (TPSA) is 67.8 Å². The minimum atomic E-state index is -2.89. The standard InChI is InChI=1S/C17H22F2N4O2S/c1-4-13-9-21-15(26-13)10-23-17(20-2)22-8-11-7-12(24-3)5-6-14(11)25-16(18)19/h5-7,9,16H,4,8,10H2,1-3H3,(H2,20,22,23). The van der Waals surface area contributed by atoms with Crippen molar-refractivity contribution in [3.8, 4) is 11.5 Å². The van der Waals surface area contributed by atoms with E-state index >= 15 is 0 Å². The summed E-state index contributed by atoms with van der Waals surface area (Å²) in [4.78, 5) is 9.68. The molecular weight excluding hydrogens is 362 g/mol. The minimum Gasteiger partial charge on any atom is -0.497 e. The van der Waals surface area contributed by atoms with E-state index in [1.54, 1.807) is 30.5 Å². The normalized spacial score (nSPS) is 11.5. The summed E-state index contributed by atoms with van der Waals surface area (Å²) >= 11 is 1.64. The molecule has 1 heterocycles. The Kier molecular flexibility index (Phi) is 7.58. The van der Waals surface area contributed by atoms with Gasteiger partial charge in [-0.3, -0.25) is 4.99 Å². The summed E-state index contributed by atoms with van der Waals surface area (Å²) in [6.45, 7) is -0.0321. The molecule has 2 rings (SSSR count). The molecule has 1 aromatic carbocycles. The van der Waals surface area contributed by atoms with Crippen molar-refractivity contribution in [2.75, 3.05) is 14.2 Å². The Morgan fingerprint density at radius 1 is 1.31 bits per heavy atom. The molecule has 0 saturated carbocycles. The van der Waals surface area contributed by atoms with Crippen LogP contribution < -0.4 is 20.1 Å². The third kappa shape index (κ3) is 5.83. The van der Waals surface area contributed by atoms with Crippen LogP contribution in [0.25, 0.3) is 0 Å². The van der Waals surface area contributed by atoms with Crippen LogP contribution in [-0.2, 0) is 19.5 Å². The predicted octanol–water partition coefficient (Wildman–Crippen LogP) is 3.18. The number of benzene rings is 1. The highest BCUT2D eigenvalue weighted by Crippen LogP contribution is 2.25. The van der Waals surface area contributed by atoms with E-state index in [2.05, 4.69) is 32.3 Å². The van der Waals surface area contributed by atoms with Crippen molar-refractivity contribution in [3.63, 3.8) is 0 Å². The molecule has 0 fully saturated rings. The molecular formula is C17H22F2N4O2S. The van der Waals surface area contributed by atoms with E-state index in [-0.39, 0.29) is 12.3 Å². The van der Waals surface area contributed by atoms with Crippen LogP contribution in [-0.4, -0.2) is 31.7 Å². The fraction of sp³-hybridized carbons (Fsp3) is 0.412. The van der Waals surface area contributed by atoms with Crippen LogP contribution in [0.3, 0.4) is 0 Å². The lowest BCUT2D eigenvalue weighted by atomic mass is 10.2. The number of guanidine groups is 1. The van der Waals surface area contributed by atoms with Gasteiger partial charge in [0.2, 0.25) is 0 Å². The van der Waals surface area contributed by atoms with Gasteiger partial charge in [0.15, 0.2) is 5.96 Å². The first-order valence-electron chi connectivity index (χ1n) is 8.05. The molecule has 0 aliphatic heterocycles. The zero-order valence-corrected chi connectivity index (χ0v) is 15.7. The third-order valence-corrected chi connectivity index (χ3v) is 4.65. The number of alkyl halides is 2. The second kappa shape index (κ2) is 9.91. The number of aromatic nitrogens is 1. The monoisotopic (exact) mass is 384 g/mol. The summed E-state index contributed by atoms with van der Waals surface area (Å²) in [7, 11) is 3.15. The molecule has 0 saturated heterocycles. The highest BCUT2D eigenvalue weighted by Gasteiger charge is 2.12. The second-order valence-corrected chi connectivity index (χ2v) is 6.41. The summed E-state index contributed by atoms with van der Waals surface area (Å²) < 4.78 is 34.8. The summed E-state index contributed by atoms with van der Waals surface area (Å²) in [6.07, 6.45) is 2.81. The lowest BCUT2D eigenvalue weighted by Gasteiger charge is -2.15. The van der Waals surface area contributed by atoms with Crippen molar-refractivity contribution in [3.05, 3.63) is 39.8 Å². The van der Waals surface area contributed by atoms with E-state index in [9.17, 15) is 8.78 Å². The smallest absolute Gasteiger partial charge is 0.387 e. The Morgan fingerprint density at radius 2 is 2.08 bits per heavy atom. The quantitative estimate of drug-likeness (QED) is 0.541. The van der Waals surface area contributed by atoms with Gasteiger partial charge in [-0.05, 0) is 24.6 Å². The van der Waals surface area contributed by atoms with E-state index in [4.69, 9.17) is 4.74 Å². The van der Waals surface area contributed by atoms with Crippen LogP contribution in [0.5, 0.6) is 11.5 Å². The largest absolute Gasteiger partial charge is 0.497 e. The number of nitrogens with zero attached hydrogens (tertiary/aromatic N) is 2. The molecule has 0 atom stereocenters. The van der Waals surface area contributed by atoms with Crippen molar-refractivity contribution in [2.24, 2.45) is 4.99 Å². The number of rotatable bonds is 8. The zero-order valence-electron chi connectivity index (χ0n) is 14.9. The fourth-order valence-corrected chi connectivity index (χ4v) is 2.99. The number of hydrogen-bond acceptors (Lipinski definition) is 5. The third-order valence-electron chi connectivity index (χ3n) is 3.51. The molecule has 0 aliphatic carbocycles. The van der Waals surface area contributed by atoms with Crippen LogP contribution in [0.4, 0.5) is 8.78 Å².